The van der Waals surface area contributed by atoms with Gasteiger partial charge in [-0.15, -0.1) is 18.3 Å². The first-order valence-corrected chi connectivity index (χ1v) is 11.7. The van der Waals surface area contributed by atoms with Crippen LogP contribution in [0.3, 0.4) is 0 Å². The van der Waals surface area contributed by atoms with Gasteiger partial charge in [-0.3, -0.25) is 0 Å². The van der Waals surface area contributed by atoms with Gasteiger partial charge < -0.3 is 0 Å². The van der Waals surface area contributed by atoms with Gasteiger partial charge in [0.2, 0.25) is 0 Å². The monoisotopic (exact) mass is 646 g/mol. The van der Waals surface area contributed by atoms with E-state index in [2.05, 4.69) is 6.58 Å². The van der Waals surface area contributed by atoms with E-state index in [-0.39, 0.29) is 11.3 Å². The number of thioether (sulfide) groups is 1. The lowest BCUT2D eigenvalue weighted by Gasteiger charge is -2.42. The topological polar surface area (TPSA) is 0 Å². The van der Waals surface area contributed by atoms with Gasteiger partial charge in [-0.1, -0.05) is 36.4 Å². The number of benzene rings is 2. The summed E-state index contributed by atoms with van der Waals surface area (Å²) in [5, 5.41) is 1.13. The van der Waals surface area contributed by atoms with E-state index in [0.717, 1.165) is 0 Å². The second-order valence-electron chi connectivity index (χ2n) is 8.50. The number of fused-ring (bicyclic) bond motifs is 1. The number of rotatable bonds is 12. The molecular formula is C23H15F17S. The molecule has 0 heterocycles. The van der Waals surface area contributed by atoms with Gasteiger partial charge in [0, 0.05) is 17.1 Å². The molecule has 0 radical (unpaired) electrons. The average molecular weight is 646 g/mol. The summed E-state index contributed by atoms with van der Waals surface area (Å²) in [6, 6.07) is 9.08. The summed E-state index contributed by atoms with van der Waals surface area (Å²) in [7, 11) is 0. The fourth-order valence-corrected chi connectivity index (χ4v) is 4.56. The smallest absolute Gasteiger partial charge is 0.200 e. The van der Waals surface area contributed by atoms with Gasteiger partial charge in [0.15, 0.2) is 0 Å². The number of hydrogen-bond acceptors (Lipinski definition) is 1. The molecule has 2 rings (SSSR count). The molecule has 0 saturated heterocycles. The van der Waals surface area contributed by atoms with Crippen LogP contribution in [0.25, 0.3) is 10.8 Å². The van der Waals surface area contributed by atoms with Crippen molar-refractivity contribution in [2.24, 2.45) is 0 Å². The third-order valence-corrected chi connectivity index (χ3v) is 6.91. The molecule has 0 aliphatic carbocycles. The van der Waals surface area contributed by atoms with Crippen LogP contribution in [0, 0.1) is 0 Å². The molecule has 18 heteroatoms. The highest BCUT2D eigenvalue weighted by atomic mass is 32.2. The van der Waals surface area contributed by atoms with Gasteiger partial charge in [-0.2, -0.15) is 74.6 Å². The maximum atomic E-state index is 14.2. The lowest BCUT2D eigenvalue weighted by molar-refractivity contribution is -0.461. The molecule has 2 aromatic carbocycles. The van der Waals surface area contributed by atoms with Gasteiger partial charge in [0.25, 0.3) is 0 Å². The molecule has 2 aromatic rings. The SMILES string of the molecule is C=CCc1c(SCCC(F)(F)C(F)(F)C(F)(F)C(F)(F)C(F)(F)C(F)(F)C(F)(F)C(F)(F)F)ccc2ccccc12. The second kappa shape index (κ2) is 10.7. The Labute approximate surface area is 223 Å². The summed E-state index contributed by atoms with van der Waals surface area (Å²) < 4.78 is 228. The van der Waals surface area contributed by atoms with Crippen LogP contribution in [0.1, 0.15) is 12.0 Å². The van der Waals surface area contributed by atoms with E-state index in [1.807, 2.05) is 0 Å². The predicted octanol–water partition coefficient (Wildman–Crippen LogP) is 10.1. The zero-order chi connectivity index (χ0) is 32.1. The average Bonchev–Trinajstić information content (AvgIpc) is 2.83. The van der Waals surface area contributed by atoms with Crippen molar-refractivity contribution in [3.63, 3.8) is 0 Å². The molecule has 0 amide bonds. The Morgan fingerprint density at radius 1 is 0.585 bits per heavy atom. The molecule has 232 valence electrons. The van der Waals surface area contributed by atoms with Crippen LogP contribution in [-0.2, 0) is 6.42 Å². The number of alkyl halides is 17. The molecule has 41 heavy (non-hydrogen) atoms. The number of allylic oxidation sites excluding steroid dienone is 1. The first-order chi connectivity index (χ1) is 18.3. The first kappa shape index (κ1) is 34.8. The Hall–Kier alpha value is -2.40. The quantitative estimate of drug-likeness (QED) is 0.126. The molecule has 0 aliphatic rings. The molecule has 0 N–H and O–H groups in total. The molecule has 0 aromatic heterocycles. The Bertz CT molecular complexity index is 1250. The normalized spacial score (nSPS) is 15.0. The van der Waals surface area contributed by atoms with Crippen LogP contribution in [0.2, 0.25) is 0 Å². The van der Waals surface area contributed by atoms with Crippen molar-refractivity contribution in [2.45, 2.75) is 65.4 Å². The van der Waals surface area contributed by atoms with Crippen molar-refractivity contribution >= 4 is 22.5 Å². The molecule has 0 aliphatic heterocycles. The standard InChI is InChI=1S/C23H15F17S/c1-2-5-14-13-7-4-3-6-12(13)8-9-15(14)41-11-10-16(24,25)17(26,27)18(28,29)19(30,31)20(32,33)21(34,35)22(36,37)23(38,39)40/h2-4,6-9H,1,5,10-11H2. The minimum atomic E-state index is -8.62. The molecule has 0 saturated carbocycles. The van der Waals surface area contributed by atoms with E-state index in [1.165, 1.54) is 18.2 Å². The predicted molar refractivity (Wildman–Crippen MR) is 114 cm³/mol. The fraction of sp³-hybridized carbons (Fsp3) is 0.478. The van der Waals surface area contributed by atoms with Crippen molar-refractivity contribution in [2.75, 3.05) is 5.75 Å². The Kier molecular flexibility index (Phi) is 9.08. The molecule has 0 unspecified atom stereocenters. The van der Waals surface area contributed by atoms with E-state index >= 15 is 0 Å². The zero-order valence-corrected chi connectivity index (χ0v) is 20.5. The highest BCUT2D eigenvalue weighted by Crippen LogP contribution is 2.64. The fourth-order valence-electron chi connectivity index (χ4n) is 3.45. The largest absolute Gasteiger partial charge is 0.460 e. The Balaban J connectivity index is 2.41. The lowest BCUT2D eigenvalue weighted by Crippen LogP contribution is -2.74. The molecule has 0 atom stereocenters. The van der Waals surface area contributed by atoms with Crippen molar-refractivity contribution < 1.29 is 74.6 Å². The minimum Gasteiger partial charge on any atom is -0.200 e. The third-order valence-electron chi connectivity index (χ3n) is 5.81. The Morgan fingerprint density at radius 3 is 1.54 bits per heavy atom. The van der Waals surface area contributed by atoms with Gasteiger partial charge in [-0.05, 0) is 28.8 Å². The minimum absolute atomic E-state index is 0.0619. The molecular weight excluding hydrogens is 631 g/mol. The van der Waals surface area contributed by atoms with E-state index in [1.54, 1.807) is 24.3 Å². The summed E-state index contributed by atoms with van der Waals surface area (Å²) in [5.41, 5.74) is 0.377. The zero-order valence-electron chi connectivity index (χ0n) is 19.7. The van der Waals surface area contributed by atoms with Crippen molar-refractivity contribution in [3.05, 3.63) is 54.6 Å². The van der Waals surface area contributed by atoms with Gasteiger partial charge >= 0.3 is 47.6 Å². The summed E-state index contributed by atoms with van der Waals surface area (Å²) >= 11 is 0.293. The van der Waals surface area contributed by atoms with Gasteiger partial charge in [0.05, 0.1) is 0 Å². The summed E-state index contributed by atoms with van der Waals surface area (Å²) in [6.45, 7) is 3.46. The van der Waals surface area contributed by atoms with E-state index in [4.69, 9.17) is 0 Å². The first-order valence-electron chi connectivity index (χ1n) is 10.7. The van der Waals surface area contributed by atoms with Crippen LogP contribution in [0.4, 0.5) is 74.6 Å². The number of hydrogen-bond donors (Lipinski definition) is 0. The van der Waals surface area contributed by atoms with Crippen LogP contribution >= 0.6 is 11.8 Å². The van der Waals surface area contributed by atoms with Crippen molar-refractivity contribution in [1.29, 1.82) is 0 Å². The van der Waals surface area contributed by atoms with Crippen LogP contribution in [-0.4, -0.2) is 53.4 Å². The van der Waals surface area contributed by atoms with Gasteiger partial charge in [0.1, 0.15) is 0 Å². The van der Waals surface area contributed by atoms with Crippen molar-refractivity contribution in [1.82, 2.24) is 0 Å². The molecule has 0 spiro atoms. The van der Waals surface area contributed by atoms with Gasteiger partial charge in [-0.25, -0.2) is 0 Å². The lowest BCUT2D eigenvalue weighted by atomic mass is 9.88. The summed E-state index contributed by atoms with van der Waals surface area (Å²) in [5.74, 6) is -57.5. The third kappa shape index (κ3) is 5.32. The molecule has 0 nitrogen and oxygen atoms in total. The van der Waals surface area contributed by atoms with Crippen LogP contribution in [0.5, 0.6) is 0 Å². The highest BCUT2D eigenvalue weighted by molar-refractivity contribution is 7.99. The highest BCUT2D eigenvalue weighted by Gasteiger charge is 2.95. The Morgan fingerprint density at radius 2 is 1.05 bits per heavy atom. The van der Waals surface area contributed by atoms with E-state index < -0.39 is 59.8 Å². The van der Waals surface area contributed by atoms with E-state index in [9.17, 15) is 74.6 Å². The number of halogens is 17. The summed E-state index contributed by atoms with van der Waals surface area (Å²) in [6.07, 6.45) is -8.86. The van der Waals surface area contributed by atoms with Crippen molar-refractivity contribution in [3.8, 4) is 0 Å². The maximum Gasteiger partial charge on any atom is 0.460 e. The van der Waals surface area contributed by atoms with Crippen LogP contribution < -0.4 is 0 Å². The maximum absolute atomic E-state index is 14.2. The second-order valence-corrected chi connectivity index (χ2v) is 9.64. The summed E-state index contributed by atoms with van der Waals surface area (Å²) in [4.78, 5) is 0.0837. The van der Waals surface area contributed by atoms with Crippen LogP contribution in [0.15, 0.2) is 53.9 Å². The molecule has 0 fully saturated rings. The van der Waals surface area contributed by atoms with E-state index in [0.29, 0.717) is 28.1 Å². The molecule has 0 bridgehead atoms.